The predicted octanol–water partition coefficient (Wildman–Crippen LogP) is 3.19. The van der Waals surface area contributed by atoms with E-state index in [1.54, 1.807) is 0 Å². The van der Waals surface area contributed by atoms with E-state index in [-0.39, 0.29) is 18.0 Å². The van der Waals surface area contributed by atoms with Gasteiger partial charge in [-0.1, -0.05) is 19.3 Å². The number of aromatic nitrogens is 2. The maximum absolute atomic E-state index is 13.2. The maximum atomic E-state index is 13.2. The number of rotatable bonds is 1. The van der Waals surface area contributed by atoms with E-state index in [1.807, 2.05) is 0 Å². The monoisotopic (exact) mass is 285 g/mol. The fourth-order valence-electron chi connectivity index (χ4n) is 3.14. The van der Waals surface area contributed by atoms with E-state index in [4.69, 9.17) is 0 Å². The standard InChI is InChI=1S/C14H18F3N3/c15-14(16,17)12-10-8-18-7-6-11(10)19-13(20-12)9-4-2-1-3-5-9/h9,18H,1-8H2. The molecule has 2 aliphatic rings. The van der Waals surface area contributed by atoms with Crippen LogP contribution in [0.4, 0.5) is 13.2 Å². The second kappa shape index (κ2) is 5.31. The van der Waals surface area contributed by atoms with Crippen molar-refractivity contribution >= 4 is 0 Å². The Balaban J connectivity index is 2.03. The summed E-state index contributed by atoms with van der Waals surface area (Å²) in [5.74, 6) is 0.516. The zero-order valence-corrected chi connectivity index (χ0v) is 11.3. The maximum Gasteiger partial charge on any atom is 0.433 e. The summed E-state index contributed by atoms with van der Waals surface area (Å²) < 4.78 is 39.6. The van der Waals surface area contributed by atoms with Crippen molar-refractivity contribution in [3.8, 4) is 0 Å². The molecular weight excluding hydrogens is 267 g/mol. The minimum Gasteiger partial charge on any atom is -0.312 e. The Morgan fingerprint density at radius 2 is 1.80 bits per heavy atom. The van der Waals surface area contributed by atoms with E-state index >= 15 is 0 Å². The van der Waals surface area contributed by atoms with E-state index in [2.05, 4.69) is 15.3 Å². The van der Waals surface area contributed by atoms with Crippen LogP contribution in [0.3, 0.4) is 0 Å². The Labute approximate surface area is 116 Å². The molecule has 1 aliphatic carbocycles. The predicted molar refractivity (Wildman–Crippen MR) is 68.3 cm³/mol. The average Bonchev–Trinajstić information content (AvgIpc) is 2.46. The van der Waals surface area contributed by atoms with Gasteiger partial charge in [0.2, 0.25) is 0 Å². The largest absolute Gasteiger partial charge is 0.433 e. The van der Waals surface area contributed by atoms with Crippen molar-refractivity contribution < 1.29 is 13.2 Å². The van der Waals surface area contributed by atoms with Crippen molar-refractivity contribution in [2.24, 2.45) is 0 Å². The van der Waals surface area contributed by atoms with Crippen molar-refractivity contribution in [3.63, 3.8) is 0 Å². The number of nitrogens with zero attached hydrogens (tertiary/aromatic N) is 2. The molecule has 1 aliphatic heterocycles. The van der Waals surface area contributed by atoms with Gasteiger partial charge in [0.05, 0.1) is 5.69 Å². The molecule has 0 amide bonds. The molecule has 1 aromatic rings. The van der Waals surface area contributed by atoms with Gasteiger partial charge in [0.15, 0.2) is 5.69 Å². The molecule has 6 heteroatoms. The number of nitrogens with one attached hydrogen (secondary N) is 1. The number of hydrogen-bond acceptors (Lipinski definition) is 3. The molecule has 1 saturated carbocycles. The highest BCUT2D eigenvalue weighted by Gasteiger charge is 2.38. The molecule has 1 fully saturated rings. The second-order valence-electron chi connectivity index (χ2n) is 5.62. The lowest BCUT2D eigenvalue weighted by Gasteiger charge is -2.25. The summed E-state index contributed by atoms with van der Waals surface area (Å²) in [7, 11) is 0. The van der Waals surface area contributed by atoms with Crippen LogP contribution in [-0.4, -0.2) is 16.5 Å². The summed E-state index contributed by atoms with van der Waals surface area (Å²) >= 11 is 0. The highest BCUT2D eigenvalue weighted by atomic mass is 19.4. The molecule has 0 spiro atoms. The summed E-state index contributed by atoms with van der Waals surface area (Å²) in [4.78, 5) is 8.36. The van der Waals surface area contributed by atoms with Crippen LogP contribution in [0.5, 0.6) is 0 Å². The van der Waals surface area contributed by atoms with Gasteiger partial charge in [-0.15, -0.1) is 0 Å². The molecule has 0 radical (unpaired) electrons. The van der Waals surface area contributed by atoms with Gasteiger partial charge in [0.1, 0.15) is 5.82 Å². The van der Waals surface area contributed by atoms with Gasteiger partial charge in [0, 0.05) is 31.0 Å². The third kappa shape index (κ3) is 2.66. The highest BCUT2D eigenvalue weighted by Crippen LogP contribution is 2.36. The van der Waals surface area contributed by atoms with E-state index < -0.39 is 11.9 Å². The molecule has 0 atom stereocenters. The molecule has 0 saturated heterocycles. The minimum atomic E-state index is -4.39. The van der Waals surface area contributed by atoms with Gasteiger partial charge < -0.3 is 5.32 Å². The highest BCUT2D eigenvalue weighted by molar-refractivity contribution is 5.31. The fraction of sp³-hybridized carbons (Fsp3) is 0.714. The van der Waals surface area contributed by atoms with Crippen molar-refractivity contribution in [1.29, 1.82) is 0 Å². The van der Waals surface area contributed by atoms with Crippen molar-refractivity contribution in [2.75, 3.05) is 6.54 Å². The first kappa shape index (κ1) is 13.8. The number of alkyl halides is 3. The van der Waals surface area contributed by atoms with Crippen molar-refractivity contribution in [2.45, 2.75) is 57.2 Å². The van der Waals surface area contributed by atoms with Gasteiger partial charge in [-0.3, -0.25) is 0 Å². The second-order valence-corrected chi connectivity index (χ2v) is 5.62. The average molecular weight is 285 g/mol. The lowest BCUT2D eigenvalue weighted by atomic mass is 9.88. The quantitative estimate of drug-likeness (QED) is 0.861. The van der Waals surface area contributed by atoms with Gasteiger partial charge in [-0.05, 0) is 12.8 Å². The van der Waals surface area contributed by atoms with Crippen LogP contribution < -0.4 is 5.32 Å². The molecule has 3 rings (SSSR count). The lowest BCUT2D eigenvalue weighted by Crippen LogP contribution is -2.30. The van der Waals surface area contributed by atoms with Crippen LogP contribution in [0.1, 0.15) is 60.8 Å². The zero-order valence-electron chi connectivity index (χ0n) is 11.3. The summed E-state index contributed by atoms with van der Waals surface area (Å²) in [6.07, 6.45) is 1.28. The molecular formula is C14H18F3N3. The van der Waals surface area contributed by atoms with Gasteiger partial charge in [-0.25, -0.2) is 9.97 Å². The van der Waals surface area contributed by atoms with E-state index in [9.17, 15) is 13.2 Å². The normalized spacial score (nSPS) is 20.8. The van der Waals surface area contributed by atoms with Crippen molar-refractivity contribution in [3.05, 3.63) is 22.8 Å². The van der Waals surface area contributed by atoms with Crippen LogP contribution >= 0.6 is 0 Å². The summed E-state index contributed by atoms with van der Waals surface area (Å²) in [5, 5.41) is 2.97. The van der Waals surface area contributed by atoms with E-state index in [1.165, 1.54) is 0 Å². The fourth-order valence-corrected chi connectivity index (χ4v) is 3.14. The lowest BCUT2D eigenvalue weighted by molar-refractivity contribution is -0.142. The topological polar surface area (TPSA) is 37.8 Å². The molecule has 0 unspecified atom stereocenters. The molecule has 0 aromatic carbocycles. The first-order chi connectivity index (χ1) is 9.55. The molecule has 1 aromatic heterocycles. The van der Waals surface area contributed by atoms with Crippen molar-refractivity contribution in [1.82, 2.24) is 15.3 Å². The first-order valence-corrected chi connectivity index (χ1v) is 7.23. The Morgan fingerprint density at radius 1 is 1.05 bits per heavy atom. The molecule has 3 nitrogen and oxygen atoms in total. The smallest absolute Gasteiger partial charge is 0.312 e. The molecule has 0 bridgehead atoms. The Morgan fingerprint density at radius 3 is 2.50 bits per heavy atom. The Bertz CT molecular complexity index is 493. The van der Waals surface area contributed by atoms with Gasteiger partial charge >= 0.3 is 6.18 Å². The third-order valence-electron chi connectivity index (χ3n) is 4.19. The van der Waals surface area contributed by atoms with Crippen LogP contribution in [0.15, 0.2) is 0 Å². The Hall–Kier alpha value is -1.17. The third-order valence-corrected chi connectivity index (χ3v) is 4.19. The number of halogens is 3. The van der Waals surface area contributed by atoms with E-state index in [0.717, 1.165) is 32.1 Å². The molecule has 20 heavy (non-hydrogen) atoms. The minimum absolute atomic E-state index is 0.102. The summed E-state index contributed by atoms with van der Waals surface area (Å²) in [6.45, 7) is 0.903. The van der Waals surface area contributed by atoms with E-state index in [0.29, 0.717) is 24.5 Å². The van der Waals surface area contributed by atoms with Gasteiger partial charge in [-0.2, -0.15) is 13.2 Å². The SMILES string of the molecule is FC(F)(F)c1nc(C2CCCCC2)nc2c1CNCC2. The number of fused-ring (bicyclic) bond motifs is 1. The summed E-state index contributed by atoms with van der Waals surface area (Å²) in [5.41, 5.74) is 0.102. The molecule has 110 valence electrons. The zero-order chi connectivity index (χ0) is 14.2. The van der Waals surface area contributed by atoms with Crippen LogP contribution in [0.2, 0.25) is 0 Å². The van der Waals surface area contributed by atoms with Crippen LogP contribution in [-0.2, 0) is 19.1 Å². The molecule has 2 heterocycles. The molecule has 1 N–H and O–H groups in total. The Kier molecular flexibility index (Phi) is 3.67. The van der Waals surface area contributed by atoms with Crippen LogP contribution in [0, 0.1) is 0 Å². The first-order valence-electron chi connectivity index (χ1n) is 7.23. The summed E-state index contributed by atoms with van der Waals surface area (Å²) in [6, 6.07) is 0. The van der Waals surface area contributed by atoms with Gasteiger partial charge in [0.25, 0.3) is 0 Å². The van der Waals surface area contributed by atoms with Crippen LogP contribution in [0.25, 0.3) is 0 Å². The number of hydrogen-bond donors (Lipinski definition) is 1.